The number of anilines is 1. The fraction of sp³-hybridized carbons (Fsp3) is 0.267. The monoisotopic (exact) mass is 241 g/mol. The Labute approximate surface area is 108 Å². The Morgan fingerprint density at radius 2 is 1.89 bits per heavy atom. The molecule has 0 aliphatic rings. The van der Waals surface area contributed by atoms with Crippen molar-refractivity contribution in [2.45, 2.75) is 26.4 Å². The number of nitrogens with zero attached hydrogens (tertiary/aromatic N) is 1. The van der Waals surface area contributed by atoms with Gasteiger partial charge in [0.15, 0.2) is 0 Å². The van der Waals surface area contributed by atoms with Gasteiger partial charge in [0.2, 0.25) is 0 Å². The Morgan fingerprint density at radius 3 is 2.61 bits per heavy atom. The van der Waals surface area contributed by atoms with Gasteiger partial charge in [-0.3, -0.25) is 4.98 Å². The summed E-state index contributed by atoms with van der Waals surface area (Å²) < 4.78 is 0. The van der Waals surface area contributed by atoms with Crippen LogP contribution in [-0.4, -0.2) is 4.98 Å². The van der Waals surface area contributed by atoms with E-state index in [-0.39, 0.29) is 0 Å². The highest BCUT2D eigenvalue weighted by atomic mass is 14.8. The fourth-order valence-corrected chi connectivity index (χ4v) is 2.09. The van der Waals surface area contributed by atoms with Crippen LogP contribution in [0.15, 0.2) is 42.7 Å². The number of nitrogen functional groups attached to an aromatic ring is 1. The molecule has 94 valence electrons. The standard InChI is InChI=1S/C15H19N3/c1-2-14-13(4-3-5-15(14)16)11-18-10-12-6-8-17-9-7-12/h3-9,18H,2,10-11,16H2,1H3. The summed E-state index contributed by atoms with van der Waals surface area (Å²) in [6.07, 6.45) is 4.60. The molecule has 0 bridgehead atoms. The average molecular weight is 241 g/mol. The summed E-state index contributed by atoms with van der Waals surface area (Å²) in [6, 6.07) is 10.2. The molecule has 18 heavy (non-hydrogen) atoms. The lowest BCUT2D eigenvalue weighted by atomic mass is 10.0. The molecule has 0 saturated carbocycles. The number of benzene rings is 1. The molecule has 0 atom stereocenters. The summed E-state index contributed by atoms with van der Waals surface area (Å²) >= 11 is 0. The van der Waals surface area contributed by atoms with Crippen LogP contribution in [0.5, 0.6) is 0 Å². The summed E-state index contributed by atoms with van der Waals surface area (Å²) in [5.74, 6) is 0. The molecule has 2 rings (SSSR count). The topological polar surface area (TPSA) is 50.9 Å². The van der Waals surface area contributed by atoms with Crippen LogP contribution in [0, 0.1) is 0 Å². The van der Waals surface area contributed by atoms with Gasteiger partial charge in [-0.05, 0) is 41.3 Å². The van der Waals surface area contributed by atoms with E-state index in [0.29, 0.717) is 0 Å². The lowest BCUT2D eigenvalue weighted by Crippen LogP contribution is -2.14. The minimum atomic E-state index is 0.844. The Balaban J connectivity index is 1.96. The maximum Gasteiger partial charge on any atom is 0.0349 e. The molecule has 0 aliphatic heterocycles. The summed E-state index contributed by atoms with van der Waals surface area (Å²) in [5.41, 5.74) is 10.6. The first-order valence-electron chi connectivity index (χ1n) is 6.27. The van der Waals surface area contributed by atoms with E-state index in [1.807, 2.05) is 36.7 Å². The van der Waals surface area contributed by atoms with Crippen molar-refractivity contribution in [1.29, 1.82) is 0 Å². The predicted molar refractivity (Wildman–Crippen MR) is 75.0 cm³/mol. The van der Waals surface area contributed by atoms with Crippen molar-refractivity contribution in [2.24, 2.45) is 0 Å². The van der Waals surface area contributed by atoms with Crippen molar-refractivity contribution in [1.82, 2.24) is 10.3 Å². The van der Waals surface area contributed by atoms with Crippen LogP contribution < -0.4 is 11.1 Å². The van der Waals surface area contributed by atoms with Gasteiger partial charge in [0.25, 0.3) is 0 Å². The van der Waals surface area contributed by atoms with Crippen molar-refractivity contribution < 1.29 is 0 Å². The zero-order valence-electron chi connectivity index (χ0n) is 10.7. The van der Waals surface area contributed by atoms with E-state index < -0.39 is 0 Å². The highest BCUT2D eigenvalue weighted by Crippen LogP contribution is 2.17. The van der Waals surface area contributed by atoms with Crippen molar-refractivity contribution in [3.05, 3.63) is 59.4 Å². The van der Waals surface area contributed by atoms with Crippen molar-refractivity contribution in [2.75, 3.05) is 5.73 Å². The van der Waals surface area contributed by atoms with E-state index in [1.54, 1.807) is 0 Å². The molecule has 2 aromatic rings. The molecule has 0 fully saturated rings. The first-order chi connectivity index (χ1) is 8.81. The van der Waals surface area contributed by atoms with Gasteiger partial charge in [-0.15, -0.1) is 0 Å². The van der Waals surface area contributed by atoms with Crippen LogP contribution in [0.1, 0.15) is 23.6 Å². The van der Waals surface area contributed by atoms with Gasteiger partial charge < -0.3 is 11.1 Å². The van der Waals surface area contributed by atoms with Crippen LogP contribution in [-0.2, 0) is 19.5 Å². The molecule has 0 amide bonds. The highest BCUT2D eigenvalue weighted by molar-refractivity contribution is 5.50. The van der Waals surface area contributed by atoms with Crippen molar-refractivity contribution in [3.8, 4) is 0 Å². The second kappa shape index (κ2) is 6.17. The molecule has 3 heteroatoms. The van der Waals surface area contributed by atoms with E-state index in [0.717, 1.165) is 25.2 Å². The molecule has 0 aliphatic carbocycles. The second-order valence-corrected chi connectivity index (χ2v) is 4.30. The minimum Gasteiger partial charge on any atom is -0.398 e. The number of hydrogen-bond acceptors (Lipinski definition) is 3. The SMILES string of the molecule is CCc1c(N)cccc1CNCc1ccncc1. The summed E-state index contributed by atoms with van der Waals surface area (Å²) in [4.78, 5) is 4.01. The first kappa shape index (κ1) is 12.6. The van der Waals surface area contributed by atoms with Crippen LogP contribution in [0.2, 0.25) is 0 Å². The van der Waals surface area contributed by atoms with Crippen LogP contribution in [0.4, 0.5) is 5.69 Å². The molecule has 1 heterocycles. The lowest BCUT2D eigenvalue weighted by molar-refractivity contribution is 0.688. The maximum atomic E-state index is 5.98. The smallest absolute Gasteiger partial charge is 0.0349 e. The molecule has 3 nitrogen and oxygen atoms in total. The van der Waals surface area contributed by atoms with Gasteiger partial charge in [0, 0.05) is 31.2 Å². The Bertz CT molecular complexity index is 494. The zero-order chi connectivity index (χ0) is 12.8. The van der Waals surface area contributed by atoms with E-state index in [2.05, 4.69) is 23.3 Å². The molecular weight excluding hydrogens is 222 g/mol. The fourth-order valence-electron chi connectivity index (χ4n) is 2.09. The normalized spacial score (nSPS) is 10.5. The van der Waals surface area contributed by atoms with E-state index in [9.17, 15) is 0 Å². The largest absolute Gasteiger partial charge is 0.398 e. The van der Waals surface area contributed by atoms with Crippen molar-refractivity contribution in [3.63, 3.8) is 0 Å². The molecule has 1 aromatic heterocycles. The van der Waals surface area contributed by atoms with Crippen LogP contribution in [0.25, 0.3) is 0 Å². The maximum absolute atomic E-state index is 5.98. The van der Waals surface area contributed by atoms with E-state index in [4.69, 9.17) is 5.73 Å². The highest BCUT2D eigenvalue weighted by Gasteiger charge is 2.03. The molecule has 0 saturated heterocycles. The summed E-state index contributed by atoms with van der Waals surface area (Å²) in [5, 5.41) is 3.44. The van der Waals surface area contributed by atoms with Crippen LogP contribution >= 0.6 is 0 Å². The zero-order valence-corrected chi connectivity index (χ0v) is 10.7. The molecule has 0 spiro atoms. The number of aromatic nitrogens is 1. The predicted octanol–water partition coefficient (Wildman–Crippen LogP) is 2.52. The number of rotatable bonds is 5. The van der Waals surface area contributed by atoms with Gasteiger partial charge in [0.1, 0.15) is 0 Å². The Kier molecular flexibility index (Phi) is 4.31. The quantitative estimate of drug-likeness (QED) is 0.791. The third-order valence-electron chi connectivity index (χ3n) is 3.06. The minimum absolute atomic E-state index is 0.844. The Morgan fingerprint density at radius 1 is 1.11 bits per heavy atom. The van der Waals surface area contributed by atoms with E-state index >= 15 is 0 Å². The Hall–Kier alpha value is -1.87. The number of nitrogens with two attached hydrogens (primary N) is 1. The van der Waals surface area contributed by atoms with Gasteiger partial charge in [0.05, 0.1) is 0 Å². The van der Waals surface area contributed by atoms with Gasteiger partial charge in [-0.2, -0.15) is 0 Å². The van der Waals surface area contributed by atoms with Gasteiger partial charge in [-0.25, -0.2) is 0 Å². The van der Waals surface area contributed by atoms with E-state index in [1.165, 1.54) is 16.7 Å². The summed E-state index contributed by atoms with van der Waals surface area (Å²) in [6.45, 7) is 3.83. The lowest BCUT2D eigenvalue weighted by Gasteiger charge is -2.11. The number of hydrogen-bond donors (Lipinski definition) is 2. The van der Waals surface area contributed by atoms with Gasteiger partial charge in [-0.1, -0.05) is 19.1 Å². The summed E-state index contributed by atoms with van der Waals surface area (Å²) in [7, 11) is 0. The first-order valence-corrected chi connectivity index (χ1v) is 6.27. The molecular formula is C15H19N3. The molecule has 3 N–H and O–H groups in total. The number of pyridine rings is 1. The van der Waals surface area contributed by atoms with Crippen molar-refractivity contribution >= 4 is 5.69 Å². The second-order valence-electron chi connectivity index (χ2n) is 4.30. The third-order valence-corrected chi connectivity index (χ3v) is 3.06. The molecule has 0 unspecified atom stereocenters. The third kappa shape index (κ3) is 3.08. The molecule has 1 aromatic carbocycles. The average Bonchev–Trinajstić information content (AvgIpc) is 2.40. The number of nitrogens with one attached hydrogen (secondary N) is 1. The van der Waals surface area contributed by atoms with Crippen LogP contribution in [0.3, 0.4) is 0 Å². The molecule has 0 radical (unpaired) electrons. The van der Waals surface area contributed by atoms with Gasteiger partial charge >= 0.3 is 0 Å².